The summed E-state index contributed by atoms with van der Waals surface area (Å²) in [7, 11) is 0. The molecule has 2 saturated carbocycles. The van der Waals surface area contributed by atoms with Gasteiger partial charge >= 0.3 is 0 Å². The van der Waals surface area contributed by atoms with E-state index in [0.29, 0.717) is 6.04 Å². The summed E-state index contributed by atoms with van der Waals surface area (Å²) in [6, 6.07) is 6.78. The number of hydrogen-bond donors (Lipinski definition) is 3. The topological polar surface area (TPSA) is 69.8 Å². The van der Waals surface area contributed by atoms with E-state index in [0.717, 1.165) is 47.8 Å². The number of hydrogen-bond acceptors (Lipinski definition) is 3. The van der Waals surface area contributed by atoms with Gasteiger partial charge in [0.25, 0.3) is 5.91 Å². The third kappa shape index (κ3) is 3.46. The quantitative estimate of drug-likeness (QED) is 0.791. The van der Waals surface area contributed by atoms with Crippen molar-refractivity contribution in [1.82, 2.24) is 20.8 Å². The predicted molar refractivity (Wildman–Crippen MR) is 94.9 cm³/mol. The fourth-order valence-electron chi connectivity index (χ4n) is 3.81. The van der Waals surface area contributed by atoms with E-state index in [-0.39, 0.29) is 5.91 Å². The third-order valence-electron chi connectivity index (χ3n) is 5.68. The Bertz CT molecular complexity index is 698. The lowest BCUT2D eigenvalue weighted by atomic mass is 9.85. The van der Waals surface area contributed by atoms with Gasteiger partial charge in [-0.15, -0.1) is 0 Å². The van der Waals surface area contributed by atoms with Crippen molar-refractivity contribution in [2.75, 3.05) is 6.54 Å². The number of benzene rings is 1. The van der Waals surface area contributed by atoms with E-state index < -0.39 is 0 Å². The van der Waals surface area contributed by atoms with E-state index in [1.54, 1.807) is 6.20 Å². The molecule has 128 valence electrons. The van der Waals surface area contributed by atoms with Crippen molar-refractivity contribution in [2.45, 2.75) is 57.0 Å². The molecule has 2 aliphatic rings. The smallest absolute Gasteiger partial charge is 0.251 e. The Kier molecular flexibility index (Phi) is 4.52. The Morgan fingerprint density at radius 3 is 2.71 bits per heavy atom. The van der Waals surface area contributed by atoms with Crippen molar-refractivity contribution in [3.8, 4) is 0 Å². The van der Waals surface area contributed by atoms with Gasteiger partial charge in [0.15, 0.2) is 0 Å². The van der Waals surface area contributed by atoms with Gasteiger partial charge in [-0.1, -0.05) is 6.42 Å². The highest BCUT2D eigenvalue weighted by molar-refractivity contribution is 5.97. The number of carbonyl (C=O) groups excluding carboxylic acids is 1. The summed E-state index contributed by atoms with van der Waals surface area (Å²) in [6.07, 6.45) is 10.5. The second-order valence-corrected chi connectivity index (χ2v) is 7.40. The number of rotatable bonds is 5. The zero-order valence-electron chi connectivity index (χ0n) is 14.1. The molecule has 5 heteroatoms. The molecule has 2 aromatic rings. The maximum Gasteiger partial charge on any atom is 0.251 e. The Morgan fingerprint density at radius 2 is 1.96 bits per heavy atom. The first-order valence-electron chi connectivity index (χ1n) is 9.25. The molecule has 0 saturated heterocycles. The van der Waals surface area contributed by atoms with Gasteiger partial charge in [0.1, 0.15) is 0 Å². The van der Waals surface area contributed by atoms with Crippen LogP contribution in [0.2, 0.25) is 0 Å². The van der Waals surface area contributed by atoms with E-state index in [1.165, 1.54) is 32.1 Å². The molecule has 24 heavy (non-hydrogen) atoms. The maximum atomic E-state index is 12.5. The molecule has 0 aliphatic heterocycles. The van der Waals surface area contributed by atoms with Crippen LogP contribution in [0.5, 0.6) is 0 Å². The fourth-order valence-corrected chi connectivity index (χ4v) is 3.81. The van der Waals surface area contributed by atoms with E-state index in [9.17, 15) is 4.79 Å². The van der Waals surface area contributed by atoms with Crippen LogP contribution in [0.15, 0.2) is 24.4 Å². The lowest BCUT2D eigenvalue weighted by Gasteiger charge is -2.32. The molecule has 3 N–H and O–H groups in total. The van der Waals surface area contributed by atoms with Crippen LogP contribution in [0, 0.1) is 5.92 Å². The molecule has 5 nitrogen and oxygen atoms in total. The molecule has 0 unspecified atom stereocenters. The largest absolute Gasteiger partial charge is 0.349 e. The van der Waals surface area contributed by atoms with Crippen molar-refractivity contribution < 1.29 is 4.79 Å². The van der Waals surface area contributed by atoms with E-state index in [1.807, 2.05) is 18.2 Å². The zero-order chi connectivity index (χ0) is 16.4. The number of H-pyrrole nitrogens is 1. The van der Waals surface area contributed by atoms with Crippen LogP contribution in [-0.4, -0.2) is 34.7 Å². The normalized spacial score (nSPS) is 24.7. The van der Waals surface area contributed by atoms with Crippen LogP contribution in [0.4, 0.5) is 0 Å². The minimum absolute atomic E-state index is 0.0362. The van der Waals surface area contributed by atoms with Gasteiger partial charge in [-0.2, -0.15) is 5.10 Å². The Hall–Kier alpha value is -1.88. The van der Waals surface area contributed by atoms with Crippen molar-refractivity contribution in [3.63, 3.8) is 0 Å². The lowest BCUT2D eigenvalue weighted by Crippen LogP contribution is -2.42. The average molecular weight is 326 g/mol. The Labute approximate surface area is 142 Å². The minimum atomic E-state index is 0.0362. The molecular formula is C19H26N4O. The first-order chi connectivity index (χ1) is 11.8. The molecular weight excluding hydrogens is 300 g/mol. The predicted octanol–water partition coefficient (Wildman–Crippen LogP) is 2.99. The standard InChI is InChI=1S/C19H26N4O/c24-19(14-6-9-18-15(10-14)12-21-23-18)22-17-7-4-13(5-8-17)11-20-16-2-1-3-16/h6,9-10,12-13,16-17,20H,1-5,7-8,11H2,(H,21,23)(H,22,24)/t13-,17-. The molecule has 0 spiro atoms. The molecule has 1 amide bonds. The van der Waals surface area contributed by atoms with Gasteiger partial charge in [0, 0.05) is 23.0 Å². The fraction of sp³-hybridized carbons (Fsp3) is 0.579. The molecule has 0 radical (unpaired) electrons. The van der Waals surface area contributed by atoms with Gasteiger partial charge in [-0.05, 0) is 69.2 Å². The molecule has 2 aliphatic carbocycles. The summed E-state index contributed by atoms with van der Waals surface area (Å²) in [6.45, 7) is 1.16. The van der Waals surface area contributed by atoms with Gasteiger partial charge in [-0.3, -0.25) is 9.89 Å². The van der Waals surface area contributed by atoms with Crippen molar-refractivity contribution in [3.05, 3.63) is 30.0 Å². The van der Waals surface area contributed by atoms with E-state index in [4.69, 9.17) is 0 Å². The number of carbonyl (C=O) groups is 1. The van der Waals surface area contributed by atoms with Crippen LogP contribution in [0.3, 0.4) is 0 Å². The number of amides is 1. The molecule has 0 bridgehead atoms. The number of aromatic amines is 1. The monoisotopic (exact) mass is 326 g/mol. The Balaban J connectivity index is 1.25. The second kappa shape index (κ2) is 6.93. The van der Waals surface area contributed by atoms with Crippen molar-refractivity contribution in [2.24, 2.45) is 5.92 Å². The van der Waals surface area contributed by atoms with Gasteiger partial charge in [-0.25, -0.2) is 0 Å². The molecule has 1 aromatic heterocycles. The number of aromatic nitrogens is 2. The Morgan fingerprint density at radius 1 is 1.12 bits per heavy atom. The highest BCUT2D eigenvalue weighted by atomic mass is 16.1. The lowest BCUT2D eigenvalue weighted by molar-refractivity contribution is 0.0921. The van der Waals surface area contributed by atoms with Crippen LogP contribution in [0.25, 0.3) is 10.9 Å². The number of nitrogens with one attached hydrogen (secondary N) is 3. The highest BCUT2D eigenvalue weighted by Gasteiger charge is 2.24. The number of nitrogens with zero attached hydrogens (tertiary/aromatic N) is 1. The van der Waals surface area contributed by atoms with Crippen molar-refractivity contribution >= 4 is 16.8 Å². The van der Waals surface area contributed by atoms with Crippen LogP contribution in [-0.2, 0) is 0 Å². The number of fused-ring (bicyclic) bond motifs is 1. The van der Waals surface area contributed by atoms with Gasteiger partial charge < -0.3 is 10.6 Å². The third-order valence-corrected chi connectivity index (χ3v) is 5.68. The molecule has 1 aromatic carbocycles. The van der Waals surface area contributed by atoms with Gasteiger partial charge in [0.2, 0.25) is 0 Å². The first-order valence-corrected chi connectivity index (χ1v) is 9.25. The SMILES string of the molecule is O=C(N[C@H]1CC[C@H](CNC2CCC2)CC1)c1ccc2[nH]ncc2c1. The molecule has 0 atom stereocenters. The van der Waals surface area contributed by atoms with Crippen LogP contribution >= 0.6 is 0 Å². The minimum Gasteiger partial charge on any atom is -0.349 e. The summed E-state index contributed by atoms with van der Waals surface area (Å²) in [5.41, 5.74) is 1.68. The molecule has 2 fully saturated rings. The average Bonchev–Trinajstić information content (AvgIpc) is 3.02. The summed E-state index contributed by atoms with van der Waals surface area (Å²) in [4.78, 5) is 12.5. The van der Waals surface area contributed by atoms with Crippen LogP contribution in [0.1, 0.15) is 55.3 Å². The summed E-state index contributed by atoms with van der Waals surface area (Å²) in [5, 5.41) is 14.8. The maximum absolute atomic E-state index is 12.5. The summed E-state index contributed by atoms with van der Waals surface area (Å²) in [5.74, 6) is 0.815. The first kappa shape index (κ1) is 15.6. The van der Waals surface area contributed by atoms with E-state index in [2.05, 4.69) is 20.8 Å². The summed E-state index contributed by atoms with van der Waals surface area (Å²) < 4.78 is 0. The van der Waals surface area contributed by atoms with E-state index >= 15 is 0 Å². The summed E-state index contributed by atoms with van der Waals surface area (Å²) >= 11 is 0. The van der Waals surface area contributed by atoms with Crippen LogP contribution < -0.4 is 10.6 Å². The molecule has 4 rings (SSSR count). The molecule has 1 heterocycles. The second-order valence-electron chi connectivity index (χ2n) is 7.40. The highest BCUT2D eigenvalue weighted by Crippen LogP contribution is 2.26. The van der Waals surface area contributed by atoms with Crippen molar-refractivity contribution in [1.29, 1.82) is 0 Å². The zero-order valence-corrected chi connectivity index (χ0v) is 14.1. The van der Waals surface area contributed by atoms with Gasteiger partial charge in [0.05, 0.1) is 11.7 Å².